The highest BCUT2D eigenvalue weighted by Gasteiger charge is 0.317. The molecule has 0 atom stereocenters. The molecule has 5 heavy (non-hydrogen) atoms. The Labute approximate surface area is 92.5 Å². The molecule has 26 valence electrons. The number of halogens is 2. The highest BCUT2D eigenvalue weighted by Crippen LogP contribution is 0.691. The van der Waals surface area contributed by atoms with Gasteiger partial charge >= 0.3 is 46.1 Å². The van der Waals surface area contributed by atoms with E-state index in [2.05, 4.69) is 0 Å². The second-order valence-electron chi connectivity index (χ2n) is 0. The number of rotatable bonds is 0. The first-order valence-corrected chi connectivity index (χ1v) is 0. The maximum Gasteiger partial charge on any atom is 0.316 e. The molecule has 0 aliphatic carbocycles. The van der Waals surface area contributed by atoms with Gasteiger partial charge in [-0.15, -0.1) is 24.8 Å². The molecule has 0 heterocycles. The predicted molar refractivity (Wildman–Crippen MR) is 37.3 cm³/mol. The Balaban J connectivity index is 0. The SMILES string of the molecule is Cl.Cl.[MgH2].[MgH2].[Mg]. The lowest BCUT2D eigenvalue weighted by Crippen LogP contribution is -0.382. The smallest absolute Gasteiger partial charge is 0.147 e. The Kier molecular flexibility index (Phi) is 258. The molecule has 0 saturated heterocycles. The fourth-order valence-electron chi connectivity index (χ4n) is 0. The molecule has 0 nitrogen and oxygen atoms in total. The lowest BCUT2D eigenvalue weighted by Gasteiger charge is -0.148. The van der Waals surface area contributed by atoms with Crippen LogP contribution in [-0.2, 0) is 0 Å². The Morgan fingerprint density at radius 2 is 0.600 bits per heavy atom. The first kappa shape index (κ1) is 45.0. The largest absolute Gasteiger partial charge is 0.316 e. The van der Waals surface area contributed by atoms with Crippen molar-refractivity contribution in [2.75, 3.05) is 0 Å². The minimum Gasteiger partial charge on any atom is -0.147 e. The molecule has 0 aromatic heterocycles. The van der Waals surface area contributed by atoms with Crippen molar-refractivity contribution in [1.29, 1.82) is 0 Å². The summed E-state index contributed by atoms with van der Waals surface area (Å²) >= 11 is 0. The van der Waals surface area contributed by atoms with Crippen LogP contribution in [0.15, 0.2) is 0 Å². The Morgan fingerprint density at radius 3 is 0.600 bits per heavy atom. The van der Waals surface area contributed by atoms with Crippen LogP contribution < -0.4 is 0 Å². The molecule has 2 radical (unpaired) electrons. The van der Waals surface area contributed by atoms with E-state index in [1.54, 1.807) is 0 Å². The first-order valence-electron chi connectivity index (χ1n) is 0. The average molecular weight is 150 g/mol. The molecule has 0 aromatic carbocycles. The van der Waals surface area contributed by atoms with E-state index in [9.17, 15) is 0 Å². The summed E-state index contributed by atoms with van der Waals surface area (Å²) < 4.78 is 0. The van der Waals surface area contributed by atoms with Gasteiger partial charge in [-0.1, -0.05) is 0 Å². The van der Waals surface area contributed by atoms with Crippen LogP contribution in [0.2, 0.25) is 0 Å². The van der Waals surface area contributed by atoms with Crippen molar-refractivity contribution in [3.8, 4) is 0 Å². The van der Waals surface area contributed by atoms with Crippen LogP contribution in [0.3, 0.4) is 0 Å². The summed E-state index contributed by atoms with van der Waals surface area (Å²) in [5.74, 6) is 0. The molecular formula is H6Cl2Mg3. The van der Waals surface area contributed by atoms with Gasteiger partial charge in [0.25, 0.3) is 0 Å². The molecule has 0 aromatic rings. The van der Waals surface area contributed by atoms with Crippen LogP contribution in [-0.4, -0.2) is 69.2 Å². The maximum absolute atomic E-state index is 0. The quantitative estimate of drug-likeness (QED) is 0.373. The van der Waals surface area contributed by atoms with E-state index >= 15 is 0 Å². The van der Waals surface area contributed by atoms with Gasteiger partial charge in [-0.25, -0.2) is 0 Å². The fraction of sp³-hybridized carbons (Fsp3) is 0. The summed E-state index contributed by atoms with van der Waals surface area (Å²) in [6.07, 6.45) is 0. The molecule has 0 unspecified atom stereocenters. The third kappa shape index (κ3) is 19.8. The van der Waals surface area contributed by atoms with E-state index in [1.165, 1.54) is 0 Å². The van der Waals surface area contributed by atoms with Gasteiger partial charge in [-0.2, -0.15) is 0 Å². The van der Waals surface area contributed by atoms with Crippen molar-refractivity contribution in [2.24, 2.45) is 0 Å². The first-order chi connectivity index (χ1) is 0. The van der Waals surface area contributed by atoms with Crippen molar-refractivity contribution in [2.45, 2.75) is 0 Å². The summed E-state index contributed by atoms with van der Waals surface area (Å²) in [5, 5.41) is 0. The zero-order chi connectivity index (χ0) is 0. The van der Waals surface area contributed by atoms with E-state index < -0.39 is 0 Å². The normalized spacial score (nSPS) is 0. The van der Waals surface area contributed by atoms with E-state index in [0.29, 0.717) is 0 Å². The minimum absolute atomic E-state index is 0. The van der Waals surface area contributed by atoms with E-state index in [4.69, 9.17) is 0 Å². The summed E-state index contributed by atoms with van der Waals surface area (Å²) in [6, 6.07) is 0. The summed E-state index contributed by atoms with van der Waals surface area (Å²) in [4.78, 5) is 0. The van der Waals surface area contributed by atoms with Gasteiger partial charge in [0, 0.05) is 23.1 Å². The Bertz CT molecular complexity index is 4.85. The molecule has 0 saturated carbocycles. The molecule has 0 rings (SSSR count). The summed E-state index contributed by atoms with van der Waals surface area (Å²) in [5.41, 5.74) is 0. The third-order valence-electron chi connectivity index (χ3n) is 0. The zero-order valence-electron chi connectivity index (χ0n) is 1.52. The minimum atomic E-state index is 0. The number of hydrogen-bond acceptors (Lipinski definition) is 0. The third-order valence-corrected chi connectivity index (χ3v) is 0. The molecule has 0 aliphatic heterocycles. The Hall–Kier alpha value is 2.88. The molecule has 0 N–H and O–H groups in total. The topological polar surface area (TPSA) is 0 Å². The highest BCUT2D eigenvalue weighted by molar-refractivity contribution is 5.85. The lowest BCUT2D eigenvalue weighted by molar-refractivity contribution is 5.75. The second kappa shape index (κ2) is 28.7. The average Bonchev–Trinajstić information content (AvgIpc) is 0. The molecule has 0 spiro atoms. The molecule has 0 aliphatic rings. The molecule has 0 amide bonds. The van der Waals surface area contributed by atoms with Crippen LogP contribution >= 0.6 is 24.8 Å². The van der Waals surface area contributed by atoms with Crippen LogP contribution in [0.5, 0.6) is 0 Å². The lowest BCUT2D eigenvalue weighted by atomic mass is 24.3. The summed E-state index contributed by atoms with van der Waals surface area (Å²) in [6.45, 7) is 0. The fourth-order valence-corrected chi connectivity index (χ4v) is 0. The van der Waals surface area contributed by atoms with Gasteiger partial charge in [0.2, 0.25) is 0 Å². The van der Waals surface area contributed by atoms with Gasteiger partial charge in [0.15, 0.2) is 0 Å². The second-order valence-corrected chi connectivity index (χ2v) is 0. The summed E-state index contributed by atoms with van der Waals surface area (Å²) in [7, 11) is 0. The molecule has 5 heteroatoms. The van der Waals surface area contributed by atoms with Crippen LogP contribution in [0.1, 0.15) is 0 Å². The van der Waals surface area contributed by atoms with Crippen molar-refractivity contribution in [3.63, 3.8) is 0 Å². The maximum atomic E-state index is 0. The molecule has 0 fully saturated rings. The van der Waals surface area contributed by atoms with E-state index in [0.717, 1.165) is 0 Å². The Morgan fingerprint density at radius 1 is 0.600 bits per heavy atom. The number of hydrogen-bond donors (Lipinski definition) is 0. The van der Waals surface area contributed by atoms with Crippen molar-refractivity contribution >= 4 is 94.0 Å². The van der Waals surface area contributed by atoms with Gasteiger partial charge in [0.1, 0.15) is 0 Å². The van der Waals surface area contributed by atoms with Crippen LogP contribution in [0.25, 0.3) is 0 Å². The van der Waals surface area contributed by atoms with Gasteiger partial charge in [-0.3, -0.25) is 0 Å². The van der Waals surface area contributed by atoms with Gasteiger partial charge < -0.3 is 0 Å². The van der Waals surface area contributed by atoms with Gasteiger partial charge in [0.05, 0.1) is 0 Å². The van der Waals surface area contributed by atoms with Crippen LogP contribution in [0.4, 0.5) is 0 Å². The van der Waals surface area contributed by atoms with Crippen molar-refractivity contribution in [3.05, 3.63) is 0 Å². The molecular weight excluding hydrogens is 144 g/mol. The van der Waals surface area contributed by atoms with E-state index in [-0.39, 0.29) is 94.0 Å². The van der Waals surface area contributed by atoms with Crippen molar-refractivity contribution < 1.29 is 0 Å². The van der Waals surface area contributed by atoms with Gasteiger partial charge in [-0.05, 0) is 0 Å². The van der Waals surface area contributed by atoms with Crippen molar-refractivity contribution in [1.82, 2.24) is 0 Å². The van der Waals surface area contributed by atoms with E-state index in [1.807, 2.05) is 0 Å². The highest BCUT2D eigenvalue weighted by atomic mass is 35.5. The monoisotopic (exact) mass is 148 g/mol. The predicted octanol–water partition coefficient (Wildman–Crippen LogP) is -1.37. The standard InChI is InChI=1S/2ClH.3Mg.4H/h2*1H;;;;;;;. The van der Waals surface area contributed by atoms with Crippen LogP contribution in [0, 0.1) is 0 Å². The zero-order valence-corrected chi connectivity index (χ0v) is 4.57. The molecule has 0 bridgehead atoms.